The van der Waals surface area contributed by atoms with Gasteiger partial charge in [0.05, 0.1) is 0 Å². The van der Waals surface area contributed by atoms with E-state index >= 15 is 0 Å². The monoisotopic (exact) mass is 230 g/mol. The van der Waals surface area contributed by atoms with Gasteiger partial charge in [0.2, 0.25) is 5.95 Å². The van der Waals surface area contributed by atoms with Crippen LogP contribution in [0.3, 0.4) is 0 Å². The molecule has 1 aromatic heterocycles. The lowest BCUT2D eigenvalue weighted by atomic mass is 10.4. The first-order valence-corrected chi connectivity index (χ1v) is 4.44. The van der Waals surface area contributed by atoms with Crippen molar-refractivity contribution in [3.8, 4) is 0 Å². The van der Waals surface area contributed by atoms with Crippen LogP contribution in [0.5, 0.6) is 0 Å². The molecule has 66 valence electrons. The lowest BCUT2D eigenvalue weighted by molar-refractivity contribution is 0.873. The number of rotatable bonds is 2. The molecule has 12 heavy (non-hydrogen) atoms. The highest BCUT2D eigenvalue weighted by Gasteiger charge is 2.00. The minimum Gasteiger partial charge on any atom is -0.383 e. The highest BCUT2D eigenvalue weighted by molar-refractivity contribution is 9.10. The molecule has 1 heterocycles. The first-order chi connectivity index (χ1) is 5.58. The van der Waals surface area contributed by atoms with Crippen LogP contribution in [0.25, 0.3) is 0 Å². The second kappa shape index (κ2) is 3.71. The molecule has 0 amide bonds. The number of nitrogen functional groups attached to an aromatic ring is 1. The molecule has 4 nitrogen and oxygen atoms in total. The molecule has 0 bridgehead atoms. The molecular weight excluding hydrogens is 220 g/mol. The van der Waals surface area contributed by atoms with Crippen molar-refractivity contribution < 1.29 is 0 Å². The normalized spacial score (nSPS) is 10.3. The Hall–Kier alpha value is -0.840. The van der Waals surface area contributed by atoms with E-state index in [1.165, 1.54) is 0 Å². The fourth-order valence-corrected chi connectivity index (χ4v) is 1.16. The third kappa shape index (κ3) is 2.65. The van der Waals surface area contributed by atoms with Crippen LogP contribution in [0, 0.1) is 0 Å². The number of halogens is 1. The van der Waals surface area contributed by atoms with Crippen LogP contribution in [-0.4, -0.2) is 16.0 Å². The van der Waals surface area contributed by atoms with Crippen LogP contribution >= 0.6 is 15.9 Å². The van der Waals surface area contributed by atoms with Gasteiger partial charge in [0, 0.05) is 12.1 Å². The molecular formula is C7H11BrN4. The predicted octanol–water partition coefficient (Wildman–Crippen LogP) is 1.64. The van der Waals surface area contributed by atoms with E-state index in [9.17, 15) is 0 Å². The van der Waals surface area contributed by atoms with Gasteiger partial charge in [-0.05, 0) is 29.8 Å². The highest BCUT2D eigenvalue weighted by Crippen LogP contribution is 2.12. The molecule has 3 N–H and O–H groups in total. The molecule has 0 saturated heterocycles. The summed E-state index contributed by atoms with van der Waals surface area (Å²) in [6.07, 6.45) is 0. The van der Waals surface area contributed by atoms with Gasteiger partial charge < -0.3 is 11.1 Å². The standard InChI is InChI=1S/C7H11BrN4/c1-4(2)10-7-11-5(8)3-6(9)12-7/h3-4H,1-2H3,(H3,9,10,11,12). The second-order valence-electron chi connectivity index (χ2n) is 2.74. The first kappa shape index (κ1) is 9.25. The van der Waals surface area contributed by atoms with Crippen molar-refractivity contribution in [3.05, 3.63) is 10.7 Å². The summed E-state index contributed by atoms with van der Waals surface area (Å²) in [5.74, 6) is 1.01. The van der Waals surface area contributed by atoms with Crippen LogP contribution in [0.2, 0.25) is 0 Å². The number of nitrogens with one attached hydrogen (secondary N) is 1. The fraction of sp³-hybridized carbons (Fsp3) is 0.429. The van der Waals surface area contributed by atoms with Crippen molar-refractivity contribution in [1.82, 2.24) is 9.97 Å². The molecule has 0 radical (unpaired) electrons. The van der Waals surface area contributed by atoms with E-state index in [0.29, 0.717) is 22.4 Å². The molecule has 1 aromatic rings. The van der Waals surface area contributed by atoms with Gasteiger partial charge in [0.25, 0.3) is 0 Å². The third-order valence-electron chi connectivity index (χ3n) is 1.13. The van der Waals surface area contributed by atoms with Crippen molar-refractivity contribution in [3.63, 3.8) is 0 Å². The van der Waals surface area contributed by atoms with Crippen LogP contribution in [0.4, 0.5) is 11.8 Å². The molecule has 0 aliphatic carbocycles. The minimum absolute atomic E-state index is 0.304. The lowest BCUT2D eigenvalue weighted by Gasteiger charge is -2.07. The molecule has 0 spiro atoms. The molecule has 1 rings (SSSR count). The smallest absolute Gasteiger partial charge is 0.225 e. The second-order valence-corrected chi connectivity index (χ2v) is 3.55. The first-order valence-electron chi connectivity index (χ1n) is 3.64. The molecule has 0 unspecified atom stereocenters. The zero-order chi connectivity index (χ0) is 9.14. The van der Waals surface area contributed by atoms with Crippen molar-refractivity contribution in [2.45, 2.75) is 19.9 Å². The number of anilines is 2. The van der Waals surface area contributed by atoms with Crippen LogP contribution in [-0.2, 0) is 0 Å². The maximum absolute atomic E-state index is 5.51. The average Bonchev–Trinajstić information content (AvgIpc) is 1.81. The van der Waals surface area contributed by atoms with Crippen molar-refractivity contribution >= 4 is 27.7 Å². The Balaban J connectivity index is 2.85. The summed E-state index contributed by atoms with van der Waals surface area (Å²) in [7, 11) is 0. The Morgan fingerprint density at radius 1 is 1.50 bits per heavy atom. The number of nitrogens with two attached hydrogens (primary N) is 1. The summed E-state index contributed by atoms with van der Waals surface area (Å²) in [6.45, 7) is 4.03. The quantitative estimate of drug-likeness (QED) is 0.759. The molecule has 0 aliphatic heterocycles. The molecule has 0 aliphatic rings. The van der Waals surface area contributed by atoms with E-state index < -0.39 is 0 Å². The maximum atomic E-state index is 5.51. The van der Waals surface area contributed by atoms with E-state index in [2.05, 4.69) is 31.2 Å². The summed E-state index contributed by atoms with van der Waals surface area (Å²) < 4.78 is 0.693. The summed E-state index contributed by atoms with van der Waals surface area (Å²) >= 11 is 3.23. The Morgan fingerprint density at radius 2 is 2.17 bits per heavy atom. The van der Waals surface area contributed by atoms with Gasteiger partial charge in [-0.1, -0.05) is 0 Å². The van der Waals surface area contributed by atoms with Crippen molar-refractivity contribution in [1.29, 1.82) is 0 Å². The molecule has 0 atom stereocenters. The van der Waals surface area contributed by atoms with Gasteiger partial charge in [-0.2, -0.15) is 4.98 Å². The molecule has 5 heteroatoms. The van der Waals surface area contributed by atoms with E-state index in [1.807, 2.05) is 13.8 Å². The number of hydrogen-bond donors (Lipinski definition) is 2. The predicted molar refractivity (Wildman–Crippen MR) is 52.9 cm³/mol. The summed E-state index contributed by atoms with van der Waals surface area (Å²) in [5, 5.41) is 3.05. The van der Waals surface area contributed by atoms with E-state index in [1.54, 1.807) is 6.07 Å². The zero-order valence-electron chi connectivity index (χ0n) is 7.00. The third-order valence-corrected chi connectivity index (χ3v) is 1.54. The Morgan fingerprint density at radius 3 is 2.67 bits per heavy atom. The SMILES string of the molecule is CC(C)Nc1nc(N)cc(Br)n1. The van der Waals surface area contributed by atoms with Crippen LogP contribution in [0.1, 0.15) is 13.8 Å². The Bertz CT molecular complexity index is 254. The van der Waals surface area contributed by atoms with Crippen LogP contribution < -0.4 is 11.1 Å². The number of aromatic nitrogens is 2. The van der Waals surface area contributed by atoms with Crippen molar-refractivity contribution in [2.24, 2.45) is 0 Å². The lowest BCUT2D eigenvalue weighted by Crippen LogP contribution is -2.13. The van der Waals surface area contributed by atoms with Gasteiger partial charge >= 0.3 is 0 Å². The minimum atomic E-state index is 0.304. The highest BCUT2D eigenvalue weighted by atomic mass is 79.9. The van der Waals surface area contributed by atoms with Crippen LogP contribution in [0.15, 0.2) is 10.7 Å². The number of hydrogen-bond acceptors (Lipinski definition) is 4. The van der Waals surface area contributed by atoms with Gasteiger partial charge in [0.15, 0.2) is 0 Å². The Kier molecular flexibility index (Phi) is 2.86. The summed E-state index contributed by atoms with van der Waals surface area (Å²) in [5.41, 5.74) is 5.51. The fourth-order valence-electron chi connectivity index (χ4n) is 0.758. The largest absolute Gasteiger partial charge is 0.383 e. The summed E-state index contributed by atoms with van der Waals surface area (Å²) in [4.78, 5) is 8.09. The summed E-state index contributed by atoms with van der Waals surface area (Å²) in [6, 6.07) is 1.96. The Labute approximate surface area is 79.7 Å². The number of nitrogens with zero attached hydrogens (tertiary/aromatic N) is 2. The van der Waals surface area contributed by atoms with Gasteiger partial charge in [-0.25, -0.2) is 4.98 Å². The maximum Gasteiger partial charge on any atom is 0.225 e. The van der Waals surface area contributed by atoms with Gasteiger partial charge in [-0.3, -0.25) is 0 Å². The van der Waals surface area contributed by atoms with E-state index in [4.69, 9.17) is 5.73 Å². The van der Waals surface area contributed by atoms with Gasteiger partial charge in [0.1, 0.15) is 10.4 Å². The van der Waals surface area contributed by atoms with E-state index in [0.717, 1.165) is 0 Å². The average molecular weight is 231 g/mol. The molecule has 0 aromatic carbocycles. The van der Waals surface area contributed by atoms with E-state index in [-0.39, 0.29) is 0 Å². The molecule has 0 fully saturated rings. The van der Waals surface area contributed by atoms with Crippen molar-refractivity contribution in [2.75, 3.05) is 11.1 Å². The topological polar surface area (TPSA) is 63.8 Å². The zero-order valence-corrected chi connectivity index (χ0v) is 8.59. The van der Waals surface area contributed by atoms with Gasteiger partial charge in [-0.15, -0.1) is 0 Å². The molecule has 0 saturated carbocycles.